The third kappa shape index (κ3) is 5.20. The number of nitro benzene ring substituents is 1. The van der Waals surface area contributed by atoms with Crippen molar-refractivity contribution in [1.82, 2.24) is 0 Å². The van der Waals surface area contributed by atoms with Crippen LogP contribution in [0.2, 0.25) is 0 Å². The van der Waals surface area contributed by atoms with Crippen LogP contribution in [0.4, 0.5) is 21.0 Å². The van der Waals surface area contributed by atoms with Crippen LogP contribution < -0.4 is 10.1 Å². The van der Waals surface area contributed by atoms with Gasteiger partial charge >= 0.3 is 12.2 Å². The van der Waals surface area contributed by atoms with E-state index in [0.29, 0.717) is 17.7 Å². The van der Waals surface area contributed by atoms with Crippen molar-refractivity contribution in [3.63, 3.8) is 0 Å². The molecule has 9 nitrogen and oxygen atoms in total. The summed E-state index contributed by atoms with van der Waals surface area (Å²) in [7, 11) is 0. The van der Waals surface area contributed by atoms with Gasteiger partial charge in [-0.2, -0.15) is 0 Å². The van der Waals surface area contributed by atoms with E-state index in [0.717, 1.165) is 5.56 Å². The summed E-state index contributed by atoms with van der Waals surface area (Å²) in [4.78, 5) is 32.4. The molecule has 2 N–H and O–H groups in total. The standard InChI is InChI=1S/C17H16N2O7/c1-2-11-9-13(18-16(20)21)4-3-12(11)10-25-17(22)26-15-7-5-14(6-8-15)19(23)24/h3-9,18H,2,10H2,1H3,(H,20,21). The van der Waals surface area contributed by atoms with E-state index in [2.05, 4.69) is 5.32 Å². The maximum absolute atomic E-state index is 11.7. The summed E-state index contributed by atoms with van der Waals surface area (Å²) >= 11 is 0. The normalized spacial score (nSPS) is 10.0. The van der Waals surface area contributed by atoms with Crippen LogP contribution in [-0.4, -0.2) is 22.3 Å². The highest BCUT2D eigenvalue weighted by atomic mass is 16.7. The average Bonchev–Trinajstić information content (AvgIpc) is 2.60. The molecule has 0 radical (unpaired) electrons. The number of hydrogen-bond acceptors (Lipinski definition) is 6. The number of amides is 1. The predicted molar refractivity (Wildman–Crippen MR) is 91.4 cm³/mol. The molecular formula is C17H16N2O7. The molecule has 2 aromatic rings. The monoisotopic (exact) mass is 360 g/mol. The van der Waals surface area contributed by atoms with Gasteiger partial charge in [0.05, 0.1) is 4.92 Å². The van der Waals surface area contributed by atoms with Crippen LogP contribution in [0.25, 0.3) is 0 Å². The Bertz CT molecular complexity index is 818. The van der Waals surface area contributed by atoms with Crippen LogP contribution in [0.3, 0.4) is 0 Å². The molecule has 1 amide bonds. The Morgan fingerprint density at radius 3 is 2.42 bits per heavy atom. The highest BCUT2D eigenvalue weighted by Crippen LogP contribution is 2.20. The first kappa shape index (κ1) is 18.7. The topological polar surface area (TPSA) is 128 Å². The number of carboxylic acid groups (broad SMARTS) is 1. The van der Waals surface area contributed by atoms with Crippen LogP contribution in [0.5, 0.6) is 5.75 Å². The molecule has 0 aromatic heterocycles. The lowest BCUT2D eigenvalue weighted by molar-refractivity contribution is -0.384. The third-order valence-corrected chi connectivity index (χ3v) is 3.43. The number of rotatable bonds is 6. The molecule has 0 atom stereocenters. The molecule has 26 heavy (non-hydrogen) atoms. The summed E-state index contributed by atoms with van der Waals surface area (Å²) < 4.78 is 9.99. The van der Waals surface area contributed by atoms with E-state index < -0.39 is 17.2 Å². The molecule has 0 saturated carbocycles. The van der Waals surface area contributed by atoms with Gasteiger partial charge in [0, 0.05) is 17.8 Å². The largest absolute Gasteiger partial charge is 0.514 e. The SMILES string of the molecule is CCc1cc(NC(=O)O)ccc1COC(=O)Oc1ccc([N+](=O)[O-])cc1. The number of nitrogens with one attached hydrogen (secondary N) is 1. The van der Waals surface area contributed by atoms with Gasteiger partial charge in [-0.25, -0.2) is 9.59 Å². The van der Waals surface area contributed by atoms with Gasteiger partial charge in [0.15, 0.2) is 0 Å². The van der Waals surface area contributed by atoms with Crippen LogP contribution >= 0.6 is 0 Å². The number of aryl methyl sites for hydroxylation is 1. The fourth-order valence-electron chi connectivity index (χ4n) is 2.20. The number of anilines is 1. The number of ether oxygens (including phenoxy) is 2. The van der Waals surface area contributed by atoms with Crippen molar-refractivity contribution in [2.75, 3.05) is 5.32 Å². The zero-order valence-corrected chi connectivity index (χ0v) is 13.8. The van der Waals surface area contributed by atoms with Crippen LogP contribution in [0, 0.1) is 10.1 Å². The number of carbonyl (C=O) groups excluding carboxylic acids is 1. The zero-order valence-electron chi connectivity index (χ0n) is 13.8. The minimum Gasteiger partial charge on any atom is -0.465 e. The lowest BCUT2D eigenvalue weighted by atomic mass is 10.0. The minimum atomic E-state index is -1.16. The highest BCUT2D eigenvalue weighted by molar-refractivity contribution is 5.83. The van der Waals surface area contributed by atoms with Gasteiger partial charge in [-0.05, 0) is 41.8 Å². The molecule has 0 aliphatic heterocycles. The molecule has 0 aliphatic carbocycles. The second-order valence-electron chi connectivity index (χ2n) is 5.16. The van der Waals surface area contributed by atoms with Crippen molar-refractivity contribution >= 4 is 23.6 Å². The van der Waals surface area contributed by atoms with E-state index in [4.69, 9.17) is 14.6 Å². The first-order valence-corrected chi connectivity index (χ1v) is 7.60. The highest BCUT2D eigenvalue weighted by Gasteiger charge is 2.11. The zero-order chi connectivity index (χ0) is 19.1. The summed E-state index contributed by atoms with van der Waals surface area (Å²) in [6.45, 7) is 1.83. The summed E-state index contributed by atoms with van der Waals surface area (Å²) in [5, 5.41) is 21.6. The van der Waals surface area contributed by atoms with Crippen molar-refractivity contribution in [3.05, 3.63) is 63.7 Å². The molecule has 0 fully saturated rings. The molecule has 0 aliphatic rings. The lowest BCUT2D eigenvalue weighted by Gasteiger charge is -2.11. The number of hydrogen-bond donors (Lipinski definition) is 2. The maximum atomic E-state index is 11.7. The van der Waals surface area contributed by atoms with E-state index in [1.165, 1.54) is 24.3 Å². The van der Waals surface area contributed by atoms with Crippen molar-refractivity contribution in [3.8, 4) is 5.75 Å². The first-order valence-electron chi connectivity index (χ1n) is 7.60. The summed E-state index contributed by atoms with van der Waals surface area (Å²) in [6.07, 6.45) is -1.50. The van der Waals surface area contributed by atoms with Gasteiger partial charge in [-0.15, -0.1) is 0 Å². The Balaban J connectivity index is 1.96. The third-order valence-electron chi connectivity index (χ3n) is 3.43. The van der Waals surface area contributed by atoms with Crippen molar-refractivity contribution in [2.45, 2.75) is 20.0 Å². The quantitative estimate of drug-likeness (QED) is 0.345. The molecular weight excluding hydrogens is 344 g/mol. The van der Waals surface area contributed by atoms with Crippen molar-refractivity contribution < 1.29 is 29.1 Å². The average molecular weight is 360 g/mol. The fraction of sp³-hybridized carbons (Fsp3) is 0.176. The smallest absolute Gasteiger partial charge is 0.465 e. The Hall–Kier alpha value is -3.62. The number of benzene rings is 2. The molecule has 0 heterocycles. The first-order chi connectivity index (χ1) is 12.4. The van der Waals surface area contributed by atoms with E-state index in [1.807, 2.05) is 6.92 Å². The fourth-order valence-corrected chi connectivity index (χ4v) is 2.20. The summed E-state index contributed by atoms with van der Waals surface area (Å²) in [5.74, 6) is 0.123. The molecule has 0 saturated heterocycles. The maximum Gasteiger partial charge on any atom is 0.514 e. The van der Waals surface area contributed by atoms with Gasteiger partial charge in [0.2, 0.25) is 0 Å². The van der Waals surface area contributed by atoms with E-state index >= 15 is 0 Å². The number of nitrogens with zero attached hydrogens (tertiary/aromatic N) is 1. The minimum absolute atomic E-state index is 0.0532. The number of nitro groups is 1. The van der Waals surface area contributed by atoms with E-state index in [-0.39, 0.29) is 18.0 Å². The molecule has 0 bridgehead atoms. The van der Waals surface area contributed by atoms with Crippen molar-refractivity contribution in [2.24, 2.45) is 0 Å². The molecule has 0 spiro atoms. The predicted octanol–water partition coefficient (Wildman–Crippen LogP) is 3.96. The summed E-state index contributed by atoms with van der Waals surface area (Å²) in [5.41, 5.74) is 1.84. The Labute approximate surface area is 148 Å². The second-order valence-corrected chi connectivity index (χ2v) is 5.16. The second kappa shape index (κ2) is 8.47. The number of carbonyl (C=O) groups is 2. The lowest BCUT2D eigenvalue weighted by Crippen LogP contribution is -2.12. The Morgan fingerprint density at radius 1 is 1.15 bits per heavy atom. The van der Waals surface area contributed by atoms with Gasteiger partial charge in [0.25, 0.3) is 5.69 Å². The van der Waals surface area contributed by atoms with Gasteiger partial charge in [-0.3, -0.25) is 15.4 Å². The van der Waals surface area contributed by atoms with Crippen molar-refractivity contribution in [1.29, 1.82) is 0 Å². The molecule has 2 aromatic carbocycles. The van der Waals surface area contributed by atoms with E-state index in [9.17, 15) is 19.7 Å². The van der Waals surface area contributed by atoms with Crippen LogP contribution in [-0.2, 0) is 17.8 Å². The molecule has 2 rings (SSSR count). The molecule has 136 valence electrons. The van der Waals surface area contributed by atoms with Gasteiger partial charge in [-0.1, -0.05) is 13.0 Å². The Kier molecular flexibility index (Phi) is 6.10. The van der Waals surface area contributed by atoms with Gasteiger partial charge in [0.1, 0.15) is 12.4 Å². The Morgan fingerprint density at radius 2 is 1.85 bits per heavy atom. The number of non-ortho nitro benzene ring substituents is 1. The van der Waals surface area contributed by atoms with Gasteiger partial charge < -0.3 is 14.6 Å². The van der Waals surface area contributed by atoms with Crippen LogP contribution in [0.1, 0.15) is 18.1 Å². The molecule has 9 heteroatoms. The molecule has 0 unspecified atom stereocenters. The summed E-state index contributed by atoms with van der Waals surface area (Å²) in [6, 6.07) is 9.90. The van der Waals surface area contributed by atoms with E-state index in [1.54, 1.807) is 18.2 Å². The van der Waals surface area contributed by atoms with Crippen LogP contribution in [0.15, 0.2) is 42.5 Å².